The third-order valence-corrected chi connectivity index (χ3v) is 9.45. The van der Waals surface area contributed by atoms with Crippen LogP contribution in [0.3, 0.4) is 0 Å². The number of rotatable bonds is 7. The number of ketones is 1. The van der Waals surface area contributed by atoms with E-state index in [1.807, 2.05) is 0 Å². The summed E-state index contributed by atoms with van der Waals surface area (Å²) in [6.07, 6.45) is -0.209. The van der Waals surface area contributed by atoms with Crippen LogP contribution in [0.4, 0.5) is 11.4 Å². The van der Waals surface area contributed by atoms with E-state index in [0.717, 1.165) is 16.2 Å². The first-order valence-corrected chi connectivity index (χ1v) is 13.8. The average Bonchev–Trinajstić information content (AvgIpc) is 3.22. The smallest absolute Gasteiger partial charge is 0.265 e. The number of amides is 2. The lowest BCUT2D eigenvalue weighted by Gasteiger charge is -2.28. The van der Waals surface area contributed by atoms with Gasteiger partial charge in [-0.15, -0.1) is 11.3 Å². The van der Waals surface area contributed by atoms with Crippen molar-refractivity contribution >= 4 is 84.9 Å². The first-order chi connectivity index (χ1) is 16.5. The SMILES string of the molecule is CNc1cc2c(cc1Cl)C(=O)N(c1ccc(CC(=O)CS(=O)(=O)c3ccc(Cl)s3)cc1Cl)C(=O)C2. The van der Waals surface area contributed by atoms with Gasteiger partial charge in [-0.2, -0.15) is 0 Å². The Bertz CT molecular complexity index is 1480. The number of thiophene rings is 1. The largest absolute Gasteiger partial charge is 0.387 e. The molecular formula is C23H17Cl3N2O5S2. The van der Waals surface area contributed by atoms with E-state index in [0.29, 0.717) is 31.7 Å². The number of fused-ring (bicyclic) bond motifs is 1. The molecule has 182 valence electrons. The summed E-state index contributed by atoms with van der Waals surface area (Å²) in [4.78, 5) is 39.4. The summed E-state index contributed by atoms with van der Waals surface area (Å²) in [5, 5.41) is 3.33. The van der Waals surface area contributed by atoms with Gasteiger partial charge in [-0.25, -0.2) is 13.3 Å². The molecule has 2 heterocycles. The van der Waals surface area contributed by atoms with Crippen LogP contribution in [0.5, 0.6) is 0 Å². The predicted octanol–water partition coefficient (Wildman–Crippen LogP) is 5.07. The van der Waals surface area contributed by atoms with Gasteiger partial charge in [0.1, 0.15) is 9.96 Å². The van der Waals surface area contributed by atoms with Crippen LogP contribution in [-0.2, 0) is 32.3 Å². The molecule has 7 nitrogen and oxygen atoms in total. The highest BCUT2D eigenvalue weighted by Gasteiger charge is 2.34. The minimum absolute atomic E-state index is 0.0198. The summed E-state index contributed by atoms with van der Waals surface area (Å²) >= 11 is 19.3. The Labute approximate surface area is 220 Å². The van der Waals surface area contributed by atoms with Crippen LogP contribution < -0.4 is 10.2 Å². The molecule has 0 spiro atoms. The van der Waals surface area contributed by atoms with E-state index < -0.39 is 33.2 Å². The number of carbonyl (C=O) groups excluding carboxylic acids is 3. The fourth-order valence-corrected chi connectivity index (χ4v) is 7.10. The van der Waals surface area contributed by atoms with E-state index in [4.69, 9.17) is 34.8 Å². The maximum absolute atomic E-state index is 13.1. The number of nitrogens with zero attached hydrogens (tertiary/aromatic N) is 1. The number of sulfone groups is 1. The molecule has 0 aliphatic carbocycles. The number of hydrogen-bond acceptors (Lipinski definition) is 7. The van der Waals surface area contributed by atoms with Gasteiger partial charge in [-0.3, -0.25) is 14.4 Å². The highest BCUT2D eigenvalue weighted by Crippen LogP contribution is 2.35. The van der Waals surface area contributed by atoms with Crippen LogP contribution in [0.1, 0.15) is 21.5 Å². The number of imide groups is 1. The first kappa shape index (κ1) is 25.7. The number of halogens is 3. The van der Waals surface area contributed by atoms with E-state index >= 15 is 0 Å². The Hall–Kier alpha value is -2.43. The fourth-order valence-electron chi connectivity index (χ4n) is 3.74. The summed E-state index contributed by atoms with van der Waals surface area (Å²) < 4.78 is 25.2. The van der Waals surface area contributed by atoms with Crippen molar-refractivity contribution in [1.82, 2.24) is 0 Å². The third-order valence-electron chi connectivity index (χ3n) is 5.35. The molecule has 2 aromatic carbocycles. The standard InChI is InChI=1S/C23H17Cl3N2O5S2/c1-27-18-8-13-9-21(30)28(23(31)15(13)10-16(18)24)19-3-2-12(7-17(19)25)6-14(29)11-35(32,33)22-5-4-20(26)34-22/h2-5,7-8,10,27H,6,9,11H2,1H3. The molecule has 0 radical (unpaired) electrons. The van der Waals surface area contributed by atoms with E-state index in [-0.39, 0.29) is 27.8 Å². The molecule has 12 heteroatoms. The highest BCUT2D eigenvalue weighted by molar-refractivity contribution is 7.94. The van der Waals surface area contributed by atoms with Crippen LogP contribution in [0, 0.1) is 0 Å². The van der Waals surface area contributed by atoms with Crippen LogP contribution in [0.15, 0.2) is 46.7 Å². The molecule has 1 aromatic heterocycles. The third kappa shape index (κ3) is 5.24. The topological polar surface area (TPSA) is 101 Å². The Morgan fingerprint density at radius 3 is 2.43 bits per heavy atom. The Kier molecular flexibility index (Phi) is 7.26. The molecule has 0 unspecified atom stereocenters. The summed E-state index contributed by atoms with van der Waals surface area (Å²) in [6, 6.07) is 10.4. The zero-order valence-electron chi connectivity index (χ0n) is 18.1. The van der Waals surface area contributed by atoms with Gasteiger partial charge >= 0.3 is 0 Å². The van der Waals surface area contributed by atoms with Crippen LogP contribution in [0.25, 0.3) is 0 Å². The summed E-state index contributed by atoms with van der Waals surface area (Å²) in [5.74, 6) is -2.24. The zero-order valence-corrected chi connectivity index (χ0v) is 22.0. The van der Waals surface area contributed by atoms with Crippen LogP contribution >= 0.6 is 46.1 Å². The molecule has 0 fully saturated rings. The summed E-state index contributed by atoms with van der Waals surface area (Å²) in [6.45, 7) is 0. The maximum atomic E-state index is 13.1. The van der Waals surface area contributed by atoms with Gasteiger partial charge in [-0.1, -0.05) is 40.9 Å². The molecule has 0 saturated heterocycles. The number of carbonyl (C=O) groups is 3. The molecule has 1 aliphatic rings. The van der Waals surface area contributed by atoms with Gasteiger partial charge in [0.05, 0.1) is 32.2 Å². The zero-order chi connectivity index (χ0) is 25.5. The van der Waals surface area contributed by atoms with Crippen molar-refractivity contribution in [3.05, 3.63) is 73.5 Å². The first-order valence-electron chi connectivity index (χ1n) is 10.2. The van der Waals surface area contributed by atoms with Gasteiger partial charge in [0.25, 0.3) is 5.91 Å². The summed E-state index contributed by atoms with van der Waals surface area (Å²) in [5.41, 5.74) is 2.07. The molecule has 35 heavy (non-hydrogen) atoms. The molecule has 1 N–H and O–H groups in total. The number of benzene rings is 2. The number of Topliss-reactive ketones (excluding diaryl/α,β-unsaturated/α-hetero) is 1. The lowest BCUT2D eigenvalue weighted by atomic mass is 9.96. The second-order valence-corrected chi connectivity index (χ2v) is 12.5. The molecule has 1 aliphatic heterocycles. The Morgan fingerprint density at radius 2 is 1.80 bits per heavy atom. The molecule has 4 rings (SSSR count). The van der Waals surface area contributed by atoms with Crippen molar-refractivity contribution in [2.75, 3.05) is 23.0 Å². The van der Waals surface area contributed by atoms with E-state index in [9.17, 15) is 22.8 Å². The van der Waals surface area contributed by atoms with Crippen molar-refractivity contribution in [1.29, 1.82) is 0 Å². The monoisotopic (exact) mass is 570 g/mol. The molecule has 2 amide bonds. The van der Waals surface area contributed by atoms with Crippen molar-refractivity contribution in [3.8, 4) is 0 Å². The van der Waals surface area contributed by atoms with Crippen LogP contribution in [0.2, 0.25) is 14.4 Å². The van der Waals surface area contributed by atoms with Crippen molar-refractivity contribution < 1.29 is 22.8 Å². The second-order valence-electron chi connectivity index (χ2n) is 7.77. The number of hydrogen-bond donors (Lipinski definition) is 1. The summed E-state index contributed by atoms with van der Waals surface area (Å²) in [7, 11) is -2.12. The number of anilines is 2. The highest BCUT2D eigenvalue weighted by atomic mass is 35.5. The van der Waals surface area contributed by atoms with E-state index in [1.165, 1.54) is 36.4 Å². The second kappa shape index (κ2) is 9.91. The maximum Gasteiger partial charge on any atom is 0.265 e. The van der Waals surface area contributed by atoms with Gasteiger partial charge in [-0.05, 0) is 47.5 Å². The van der Waals surface area contributed by atoms with Crippen LogP contribution in [-0.4, -0.2) is 38.8 Å². The van der Waals surface area contributed by atoms with Gasteiger partial charge in [0, 0.05) is 19.0 Å². The van der Waals surface area contributed by atoms with Crippen molar-refractivity contribution in [2.45, 2.75) is 17.1 Å². The predicted molar refractivity (Wildman–Crippen MR) is 138 cm³/mol. The minimum atomic E-state index is -3.81. The van der Waals surface area contributed by atoms with Crippen molar-refractivity contribution in [3.63, 3.8) is 0 Å². The quantitative estimate of drug-likeness (QED) is 0.398. The van der Waals surface area contributed by atoms with E-state index in [1.54, 1.807) is 13.1 Å². The van der Waals surface area contributed by atoms with Crippen molar-refractivity contribution in [2.24, 2.45) is 0 Å². The minimum Gasteiger partial charge on any atom is -0.387 e. The molecular weight excluding hydrogens is 555 g/mol. The number of nitrogens with one attached hydrogen (secondary N) is 1. The lowest BCUT2D eigenvalue weighted by molar-refractivity contribution is -0.118. The van der Waals surface area contributed by atoms with E-state index in [2.05, 4.69) is 5.32 Å². The Balaban J connectivity index is 1.54. The molecule has 0 saturated carbocycles. The Morgan fingerprint density at radius 1 is 1.06 bits per heavy atom. The lowest BCUT2D eigenvalue weighted by Crippen LogP contribution is -2.42. The van der Waals surface area contributed by atoms with Gasteiger partial charge < -0.3 is 5.32 Å². The molecule has 0 atom stereocenters. The average molecular weight is 572 g/mol. The molecule has 3 aromatic rings. The van der Waals surface area contributed by atoms with Gasteiger partial charge in [0.2, 0.25) is 5.91 Å². The van der Waals surface area contributed by atoms with Gasteiger partial charge in [0.15, 0.2) is 15.6 Å². The normalized spacial score (nSPS) is 13.7. The molecule has 0 bridgehead atoms. The fraction of sp³-hybridized carbons (Fsp3) is 0.174.